The van der Waals surface area contributed by atoms with Crippen molar-refractivity contribution in [3.63, 3.8) is 0 Å². The maximum atomic E-state index is 9.23. The number of hydrogen-bond acceptors (Lipinski definition) is 4. The van der Waals surface area contributed by atoms with Crippen molar-refractivity contribution in [1.82, 2.24) is 9.55 Å². The Morgan fingerprint density at radius 1 is 1.35 bits per heavy atom. The van der Waals surface area contributed by atoms with Gasteiger partial charge in [-0.3, -0.25) is 0 Å². The number of rotatable bonds is 5. The molecule has 0 bridgehead atoms. The predicted octanol–water partition coefficient (Wildman–Crippen LogP) is 2.17. The lowest BCUT2D eigenvalue weighted by Gasteiger charge is -2.07. The molecular formula is C15H13N3OS. The molecule has 0 aliphatic heterocycles. The van der Waals surface area contributed by atoms with Crippen LogP contribution in [0.3, 0.4) is 0 Å². The summed E-state index contributed by atoms with van der Waals surface area (Å²) in [5.41, 5.74) is 2.47. The Hall–Kier alpha value is -2.21. The summed E-state index contributed by atoms with van der Waals surface area (Å²) >= 11 is 1.55. The number of nitrogens with zero attached hydrogens (tertiary/aromatic N) is 3. The molecule has 20 heavy (non-hydrogen) atoms. The number of benzene rings is 1. The number of aromatic nitrogens is 2. The summed E-state index contributed by atoms with van der Waals surface area (Å²) in [6.07, 6.45) is 6.97. The lowest BCUT2D eigenvalue weighted by atomic mass is 10.2. The Morgan fingerprint density at radius 3 is 2.70 bits per heavy atom. The van der Waals surface area contributed by atoms with Gasteiger partial charge in [0, 0.05) is 5.75 Å². The van der Waals surface area contributed by atoms with Gasteiger partial charge in [0.05, 0.1) is 36.7 Å². The molecule has 0 amide bonds. The molecule has 0 saturated heterocycles. The second-order valence-corrected chi connectivity index (χ2v) is 5.02. The minimum atomic E-state index is -0.0773. The van der Waals surface area contributed by atoms with Crippen LogP contribution in [0.4, 0.5) is 0 Å². The largest absolute Gasteiger partial charge is 0.390 e. The summed E-state index contributed by atoms with van der Waals surface area (Å²) in [5.74, 6) is 3.30. The highest BCUT2D eigenvalue weighted by Crippen LogP contribution is 2.23. The fourth-order valence-corrected chi connectivity index (χ4v) is 2.67. The Bertz CT molecular complexity index is 662. The third-order valence-corrected chi connectivity index (χ3v) is 3.83. The summed E-state index contributed by atoms with van der Waals surface area (Å²) in [6.45, 7) is 0.317. The molecule has 0 saturated carbocycles. The summed E-state index contributed by atoms with van der Waals surface area (Å²) < 4.78 is 1.83. The summed E-state index contributed by atoms with van der Waals surface area (Å²) in [4.78, 5) is 4.27. The Balaban J connectivity index is 2.08. The van der Waals surface area contributed by atoms with Gasteiger partial charge in [-0.25, -0.2) is 4.98 Å². The van der Waals surface area contributed by atoms with E-state index in [1.165, 1.54) is 0 Å². The molecule has 0 aliphatic rings. The van der Waals surface area contributed by atoms with Gasteiger partial charge in [-0.15, -0.1) is 6.42 Å². The third-order valence-electron chi connectivity index (χ3n) is 2.76. The maximum absolute atomic E-state index is 9.23. The summed E-state index contributed by atoms with van der Waals surface area (Å²) in [5, 5.41) is 18.8. The van der Waals surface area contributed by atoms with Gasteiger partial charge < -0.3 is 9.67 Å². The smallest absolute Gasteiger partial charge is 0.169 e. The molecule has 0 unspecified atom stereocenters. The molecule has 5 heteroatoms. The molecule has 1 heterocycles. The van der Waals surface area contributed by atoms with Crippen LogP contribution in [-0.2, 0) is 18.9 Å². The molecule has 4 nitrogen and oxygen atoms in total. The van der Waals surface area contributed by atoms with Crippen LogP contribution >= 0.6 is 11.8 Å². The minimum absolute atomic E-state index is 0.0773. The van der Waals surface area contributed by atoms with Gasteiger partial charge in [-0.2, -0.15) is 5.26 Å². The van der Waals surface area contributed by atoms with Crippen LogP contribution < -0.4 is 0 Å². The zero-order chi connectivity index (χ0) is 14.4. The zero-order valence-corrected chi connectivity index (χ0v) is 11.6. The van der Waals surface area contributed by atoms with Crippen molar-refractivity contribution in [2.45, 2.75) is 24.1 Å². The fourth-order valence-electron chi connectivity index (χ4n) is 1.72. The van der Waals surface area contributed by atoms with Crippen molar-refractivity contribution in [3.05, 3.63) is 47.3 Å². The van der Waals surface area contributed by atoms with Crippen molar-refractivity contribution < 1.29 is 5.11 Å². The lowest BCUT2D eigenvalue weighted by molar-refractivity contribution is 0.270. The Labute approximate surface area is 122 Å². The van der Waals surface area contributed by atoms with Crippen LogP contribution in [0.15, 0.2) is 35.6 Å². The molecule has 1 aromatic carbocycles. The number of imidazole rings is 1. The van der Waals surface area contributed by atoms with E-state index in [0.29, 0.717) is 17.8 Å². The topological polar surface area (TPSA) is 61.8 Å². The standard InChI is InChI=1S/C15H13N3OS/c1-2-7-18-14(10-19)9-17-15(18)20-11-13-5-3-12(8-16)4-6-13/h1,3-6,9,19H,7,10-11H2. The van der Waals surface area contributed by atoms with E-state index in [9.17, 15) is 5.11 Å². The number of thioether (sulfide) groups is 1. The fraction of sp³-hybridized carbons (Fsp3) is 0.200. The van der Waals surface area contributed by atoms with Crippen LogP contribution in [0.1, 0.15) is 16.8 Å². The molecule has 0 aliphatic carbocycles. The second kappa shape index (κ2) is 6.81. The highest BCUT2D eigenvalue weighted by atomic mass is 32.2. The van der Waals surface area contributed by atoms with Gasteiger partial charge >= 0.3 is 0 Å². The van der Waals surface area contributed by atoms with E-state index >= 15 is 0 Å². The quantitative estimate of drug-likeness (QED) is 0.675. The molecule has 0 spiro atoms. The molecule has 1 N–H and O–H groups in total. The van der Waals surface area contributed by atoms with Gasteiger partial charge in [-0.05, 0) is 17.7 Å². The first kappa shape index (κ1) is 14.2. The van der Waals surface area contributed by atoms with E-state index in [1.54, 1.807) is 30.1 Å². The van der Waals surface area contributed by atoms with Gasteiger partial charge in [0.2, 0.25) is 0 Å². The Morgan fingerprint density at radius 2 is 2.10 bits per heavy atom. The van der Waals surface area contributed by atoms with E-state index in [-0.39, 0.29) is 6.61 Å². The SMILES string of the molecule is C#CCn1c(CO)cnc1SCc1ccc(C#N)cc1. The third kappa shape index (κ3) is 3.21. The predicted molar refractivity (Wildman–Crippen MR) is 77.7 cm³/mol. The first-order valence-electron chi connectivity index (χ1n) is 5.99. The average molecular weight is 283 g/mol. The van der Waals surface area contributed by atoms with Crippen molar-refractivity contribution >= 4 is 11.8 Å². The van der Waals surface area contributed by atoms with Gasteiger partial charge in [0.15, 0.2) is 5.16 Å². The Kier molecular flexibility index (Phi) is 4.84. The molecule has 100 valence electrons. The van der Waals surface area contributed by atoms with Crippen molar-refractivity contribution in [3.8, 4) is 18.4 Å². The second-order valence-electron chi connectivity index (χ2n) is 4.08. The molecule has 2 aromatic rings. The average Bonchev–Trinajstić information content (AvgIpc) is 2.88. The first-order valence-corrected chi connectivity index (χ1v) is 6.97. The lowest BCUT2D eigenvalue weighted by Crippen LogP contribution is -2.03. The zero-order valence-electron chi connectivity index (χ0n) is 10.8. The summed E-state index contributed by atoms with van der Waals surface area (Å²) in [7, 11) is 0. The van der Waals surface area contributed by atoms with Crippen LogP contribution in [-0.4, -0.2) is 14.7 Å². The number of aliphatic hydroxyl groups is 1. The van der Waals surface area contributed by atoms with E-state index < -0.39 is 0 Å². The molecular weight excluding hydrogens is 270 g/mol. The van der Waals surface area contributed by atoms with Crippen LogP contribution in [0.25, 0.3) is 0 Å². The van der Waals surface area contributed by atoms with Gasteiger partial charge in [-0.1, -0.05) is 29.8 Å². The van der Waals surface area contributed by atoms with E-state index in [4.69, 9.17) is 11.7 Å². The van der Waals surface area contributed by atoms with Crippen molar-refractivity contribution in [2.75, 3.05) is 0 Å². The molecule has 0 atom stereocenters. The van der Waals surface area contributed by atoms with E-state index in [1.807, 2.05) is 16.7 Å². The monoisotopic (exact) mass is 283 g/mol. The summed E-state index contributed by atoms with van der Waals surface area (Å²) in [6, 6.07) is 9.53. The van der Waals surface area contributed by atoms with E-state index in [2.05, 4.69) is 17.0 Å². The van der Waals surface area contributed by atoms with Crippen molar-refractivity contribution in [2.24, 2.45) is 0 Å². The molecule has 0 fully saturated rings. The normalized spacial score (nSPS) is 9.95. The molecule has 1 aromatic heterocycles. The maximum Gasteiger partial charge on any atom is 0.169 e. The number of nitriles is 1. The number of terminal acetylenes is 1. The first-order chi connectivity index (χ1) is 9.78. The highest BCUT2D eigenvalue weighted by Gasteiger charge is 2.09. The van der Waals surface area contributed by atoms with Crippen LogP contribution in [0, 0.1) is 23.7 Å². The number of aliphatic hydroxyl groups excluding tert-OH is 1. The molecule has 0 radical (unpaired) electrons. The van der Waals surface area contributed by atoms with Crippen LogP contribution in [0.5, 0.6) is 0 Å². The van der Waals surface area contributed by atoms with Gasteiger partial charge in [0.1, 0.15) is 0 Å². The molecule has 2 rings (SSSR count). The minimum Gasteiger partial charge on any atom is -0.390 e. The van der Waals surface area contributed by atoms with Crippen LogP contribution in [0.2, 0.25) is 0 Å². The van der Waals surface area contributed by atoms with Crippen molar-refractivity contribution in [1.29, 1.82) is 5.26 Å². The van der Waals surface area contributed by atoms with E-state index in [0.717, 1.165) is 16.5 Å². The highest BCUT2D eigenvalue weighted by molar-refractivity contribution is 7.98. The number of hydrogen-bond donors (Lipinski definition) is 1. The van der Waals surface area contributed by atoms with Gasteiger partial charge in [0.25, 0.3) is 0 Å².